The van der Waals surface area contributed by atoms with E-state index in [4.69, 9.17) is 5.11 Å². The number of thiophene rings is 1. The Labute approximate surface area is 116 Å². The van der Waals surface area contributed by atoms with Crippen molar-refractivity contribution >= 4 is 23.3 Å². The lowest BCUT2D eigenvalue weighted by molar-refractivity contribution is -0.138. The zero-order valence-corrected chi connectivity index (χ0v) is 11.7. The topological polar surface area (TPSA) is 60.9 Å². The van der Waals surface area contributed by atoms with Gasteiger partial charge in [-0.25, -0.2) is 4.79 Å². The minimum absolute atomic E-state index is 0.0403. The lowest BCUT2D eigenvalue weighted by atomic mass is 10.1. The molecule has 6 heteroatoms. The van der Waals surface area contributed by atoms with Gasteiger partial charge in [0.1, 0.15) is 0 Å². The second-order valence-corrected chi connectivity index (χ2v) is 5.84. The third-order valence-corrected chi connectivity index (χ3v) is 4.19. The van der Waals surface area contributed by atoms with E-state index in [2.05, 4.69) is 0 Å². The fourth-order valence-corrected chi connectivity index (χ4v) is 3.18. The maximum Gasteiger partial charge on any atom is 0.320 e. The summed E-state index contributed by atoms with van der Waals surface area (Å²) in [6.45, 7) is 1.23. The van der Waals surface area contributed by atoms with Crippen molar-refractivity contribution in [2.75, 3.05) is 13.6 Å². The van der Waals surface area contributed by atoms with Gasteiger partial charge in [-0.2, -0.15) is 0 Å². The van der Waals surface area contributed by atoms with E-state index >= 15 is 0 Å². The zero-order chi connectivity index (χ0) is 13.8. The molecule has 0 aliphatic carbocycles. The van der Waals surface area contributed by atoms with Gasteiger partial charge >= 0.3 is 12.0 Å². The molecule has 5 nitrogen and oxygen atoms in total. The SMILES string of the molecule is CN(Cc1cccs1)C(=O)N1CCCC1CC(=O)O. The number of hydrogen-bond donors (Lipinski definition) is 1. The van der Waals surface area contributed by atoms with E-state index in [0.29, 0.717) is 13.1 Å². The van der Waals surface area contributed by atoms with Crippen LogP contribution in [0.15, 0.2) is 17.5 Å². The quantitative estimate of drug-likeness (QED) is 0.921. The van der Waals surface area contributed by atoms with Crippen LogP contribution in [0.3, 0.4) is 0 Å². The summed E-state index contributed by atoms with van der Waals surface area (Å²) in [5.41, 5.74) is 0. The van der Waals surface area contributed by atoms with Crippen molar-refractivity contribution in [1.82, 2.24) is 9.80 Å². The Hall–Kier alpha value is -1.56. The summed E-state index contributed by atoms with van der Waals surface area (Å²) in [5, 5.41) is 10.9. The maximum absolute atomic E-state index is 12.3. The Balaban J connectivity index is 1.95. The minimum atomic E-state index is -0.842. The summed E-state index contributed by atoms with van der Waals surface area (Å²) in [5.74, 6) is -0.842. The van der Waals surface area contributed by atoms with Crippen LogP contribution in [0.1, 0.15) is 24.1 Å². The van der Waals surface area contributed by atoms with Crippen molar-refractivity contribution in [3.63, 3.8) is 0 Å². The van der Waals surface area contributed by atoms with E-state index in [-0.39, 0.29) is 18.5 Å². The zero-order valence-electron chi connectivity index (χ0n) is 10.9. The number of amides is 2. The summed E-state index contributed by atoms with van der Waals surface area (Å²) in [4.78, 5) is 27.6. The van der Waals surface area contributed by atoms with Gasteiger partial charge in [0.25, 0.3) is 0 Å². The number of rotatable bonds is 4. The number of hydrogen-bond acceptors (Lipinski definition) is 3. The Kier molecular flexibility index (Phi) is 4.42. The molecule has 104 valence electrons. The molecule has 0 saturated carbocycles. The van der Waals surface area contributed by atoms with E-state index in [1.54, 1.807) is 28.2 Å². The number of likely N-dealkylation sites (tertiary alicyclic amines) is 1. The van der Waals surface area contributed by atoms with Crippen molar-refractivity contribution in [2.24, 2.45) is 0 Å². The molecular formula is C13H18N2O3S. The first-order valence-electron chi connectivity index (χ1n) is 6.34. The average molecular weight is 282 g/mol. The minimum Gasteiger partial charge on any atom is -0.481 e. The first-order valence-corrected chi connectivity index (χ1v) is 7.22. The van der Waals surface area contributed by atoms with Crippen molar-refractivity contribution in [3.05, 3.63) is 22.4 Å². The van der Waals surface area contributed by atoms with Crippen LogP contribution in [-0.2, 0) is 11.3 Å². The van der Waals surface area contributed by atoms with Gasteiger partial charge in [0, 0.05) is 24.5 Å². The molecular weight excluding hydrogens is 264 g/mol. The monoisotopic (exact) mass is 282 g/mol. The van der Waals surface area contributed by atoms with E-state index in [1.165, 1.54) is 0 Å². The summed E-state index contributed by atoms with van der Waals surface area (Å²) < 4.78 is 0. The molecule has 1 aromatic rings. The van der Waals surface area contributed by atoms with E-state index in [1.807, 2.05) is 17.5 Å². The van der Waals surface area contributed by atoms with Gasteiger partial charge in [-0.3, -0.25) is 4.79 Å². The molecule has 0 spiro atoms. The average Bonchev–Trinajstić information content (AvgIpc) is 2.98. The second-order valence-electron chi connectivity index (χ2n) is 4.81. The van der Waals surface area contributed by atoms with Gasteiger partial charge in [0.05, 0.1) is 13.0 Å². The molecule has 2 rings (SSSR count). The Morgan fingerprint density at radius 3 is 3.00 bits per heavy atom. The molecule has 0 aromatic carbocycles. The second kappa shape index (κ2) is 6.06. The summed E-state index contributed by atoms with van der Waals surface area (Å²) in [6, 6.07) is 3.72. The van der Waals surface area contributed by atoms with Crippen LogP contribution in [-0.4, -0.2) is 46.5 Å². The molecule has 0 bridgehead atoms. The van der Waals surface area contributed by atoms with Gasteiger partial charge < -0.3 is 14.9 Å². The van der Waals surface area contributed by atoms with Crippen LogP contribution in [0.25, 0.3) is 0 Å². The lowest BCUT2D eigenvalue weighted by Gasteiger charge is -2.28. The van der Waals surface area contributed by atoms with Crippen molar-refractivity contribution in [1.29, 1.82) is 0 Å². The van der Waals surface area contributed by atoms with Crippen LogP contribution in [0, 0.1) is 0 Å². The molecule has 1 saturated heterocycles. The van der Waals surface area contributed by atoms with Gasteiger partial charge in [-0.15, -0.1) is 11.3 Å². The van der Waals surface area contributed by atoms with Crippen LogP contribution in [0.5, 0.6) is 0 Å². The number of nitrogens with zero attached hydrogens (tertiary/aromatic N) is 2. The first-order chi connectivity index (χ1) is 9.08. The predicted molar refractivity (Wildman–Crippen MR) is 73.2 cm³/mol. The highest BCUT2D eigenvalue weighted by molar-refractivity contribution is 7.09. The van der Waals surface area contributed by atoms with E-state index in [0.717, 1.165) is 17.7 Å². The number of aliphatic carboxylic acids is 1. The number of carbonyl (C=O) groups is 2. The molecule has 1 N–H and O–H groups in total. The Morgan fingerprint density at radius 2 is 2.37 bits per heavy atom. The third kappa shape index (κ3) is 3.47. The number of carboxylic acid groups (broad SMARTS) is 1. The molecule has 1 atom stereocenters. The van der Waals surface area contributed by atoms with Gasteiger partial charge in [-0.05, 0) is 24.3 Å². The maximum atomic E-state index is 12.3. The van der Waals surface area contributed by atoms with Crippen LogP contribution in [0.4, 0.5) is 4.79 Å². The Morgan fingerprint density at radius 1 is 1.58 bits per heavy atom. The van der Waals surface area contributed by atoms with Crippen molar-refractivity contribution < 1.29 is 14.7 Å². The van der Waals surface area contributed by atoms with Gasteiger partial charge in [0.15, 0.2) is 0 Å². The van der Waals surface area contributed by atoms with Crippen LogP contribution < -0.4 is 0 Å². The standard InChI is InChI=1S/C13H18N2O3S/c1-14(9-11-5-3-7-19-11)13(18)15-6-2-4-10(15)8-12(16)17/h3,5,7,10H,2,4,6,8-9H2,1H3,(H,16,17). The van der Waals surface area contributed by atoms with Crippen LogP contribution >= 0.6 is 11.3 Å². The Bertz CT molecular complexity index is 447. The predicted octanol–water partition coefficient (Wildman–Crippen LogP) is 2.24. The molecule has 1 fully saturated rings. The van der Waals surface area contributed by atoms with E-state index < -0.39 is 5.97 Å². The molecule has 19 heavy (non-hydrogen) atoms. The number of carboxylic acids is 1. The summed E-state index contributed by atoms with van der Waals surface area (Å²) in [7, 11) is 1.76. The fraction of sp³-hybridized carbons (Fsp3) is 0.538. The molecule has 1 aliphatic rings. The lowest BCUT2D eigenvalue weighted by Crippen LogP contribution is -2.44. The highest BCUT2D eigenvalue weighted by Gasteiger charge is 2.31. The third-order valence-electron chi connectivity index (χ3n) is 3.33. The normalized spacial score (nSPS) is 18.6. The van der Waals surface area contributed by atoms with Gasteiger partial charge in [0.2, 0.25) is 0 Å². The smallest absolute Gasteiger partial charge is 0.320 e. The molecule has 1 aromatic heterocycles. The fourth-order valence-electron chi connectivity index (χ4n) is 2.42. The van der Waals surface area contributed by atoms with Crippen LogP contribution in [0.2, 0.25) is 0 Å². The molecule has 1 unspecified atom stereocenters. The molecule has 2 heterocycles. The highest BCUT2D eigenvalue weighted by atomic mass is 32.1. The van der Waals surface area contributed by atoms with Crippen molar-refractivity contribution in [3.8, 4) is 0 Å². The molecule has 0 radical (unpaired) electrons. The first kappa shape index (κ1) is 13.9. The largest absolute Gasteiger partial charge is 0.481 e. The molecule has 2 amide bonds. The van der Waals surface area contributed by atoms with Gasteiger partial charge in [-0.1, -0.05) is 6.07 Å². The van der Waals surface area contributed by atoms with Crippen molar-refractivity contribution in [2.45, 2.75) is 31.8 Å². The summed E-state index contributed by atoms with van der Waals surface area (Å²) >= 11 is 1.62. The number of carbonyl (C=O) groups excluding carboxylic acids is 1. The van der Waals surface area contributed by atoms with E-state index in [9.17, 15) is 9.59 Å². The molecule has 1 aliphatic heterocycles. The summed E-state index contributed by atoms with van der Waals surface area (Å²) in [6.07, 6.45) is 1.71. The number of urea groups is 1. The highest BCUT2D eigenvalue weighted by Crippen LogP contribution is 2.22.